The van der Waals surface area contributed by atoms with Crippen LogP contribution >= 0.6 is 0 Å². The Hall–Kier alpha value is -2.38. The Morgan fingerprint density at radius 2 is 2.32 bits per heavy atom. The van der Waals surface area contributed by atoms with E-state index >= 15 is 0 Å². The molecule has 1 aliphatic rings. The van der Waals surface area contributed by atoms with E-state index in [1.54, 1.807) is 10.9 Å². The zero-order chi connectivity index (χ0) is 17.8. The zero-order valence-corrected chi connectivity index (χ0v) is 15.2. The van der Waals surface area contributed by atoms with Gasteiger partial charge < -0.3 is 14.7 Å². The molecule has 3 rings (SSSR count). The maximum absolute atomic E-state index is 12.3. The fourth-order valence-electron chi connectivity index (χ4n) is 3.16. The molecule has 8 heteroatoms. The summed E-state index contributed by atoms with van der Waals surface area (Å²) >= 11 is 0. The number of rotatable bonds is 6. The summed E-state index contributed by atoms with van der Waals surface area (Å²) in [7, 11) is 1.84. The lowest BCUT2D eigenvalue weighted by molar-refractivity contribution is 0.0945. The van der Waals surface area contributed by atoms with Crippen LogP contribution in [0.1, 0.15) is 48.1 Å². The Labute approximate surface area is 147 Å². The summed E-state index contributed by atoms with van der Waals surface area (Å²) in [5.41, 5.74) is 1.51. The van der Waals surface area contributed by atoms with E-state index in [4.69, 9.17) is 4.52 Å². The first kappa shape index (κ1) is 17.4. The van der Waals surface area contributed by atoms with Crippen LogP contribution in [0.25, 0.3) is 0 Å². The second kappa shape index (κ2) is 7.67. The number of amides is 1. The van der Waals surface area contributed by atoms with Crippen LogP contribution in [0.3, 0.4) is 0 Å². The van der Waals surface area contributed by atoms with Gasteiger partial charge in [0.15, 0.2) is 0 Å². The van der Waals surface area contributed by atoms with E-state index in [2.05, 4.69) is 32.4 Å². The normalized spacial score (nSPS) is 17.7. The van der Waals surface area contributed by atoms with Crippen molar-refractivity contribution in [2.45, 2.75) is 39.5 Å². The Morgan fingerprint density at radius 3 is 3.04 bits per heavy atom. The third-order valence-electron chi connectivity index (χ3n) is 4.75. The number of hydrogen-bond acceptors (Lipinski definition) is 6. The molecule has 1 saturated heterocycles. The molecule has 0 unspecified atom stereocenters. The molecule has 0 spiro atoms. The lowest BCUT2D eigenvalue weighted by Crippen LogP contribution is -2.41. The summed E-state index contributed by atoms with van der Waals surface area (Å²) in [6, 6.07) is 0. The number of nitrogens with zero attached hydrogens (tertiary/aromatic N) is 5. The van der Waals surface area contributed by atoms with Crippen LogP contribution in [0.2, 0.25) is 0 Å². The van der Waals surface area contributed by atoms with Gasteiger partial charge in [-0.05, 0) is 37.3 Å². The van der Waals surface area contributed by atoms with Crippen LogP contribution in [0.4, 0.5) is 5.95 Å². The highest BCUT2D eigenvalue weighted by molar-refractivity contribution is 5.95. The number of hydrogen-bond donors (Lipinski definition) is 1. The standard InChI is InChI=1S/C17H26N6O2/c1-4-6-15-20-17(21-25-15)23-8-5-7-13(11-23)9-18-16(24)14-10-19-22(3)12(14)2/h10,13H,4-9,11H2,1-3H3,(H,18,24)/t13-/m1/s1. The number of aryl methyl sites for hydroxylation is 2. The lowest BCUT2D eigenvalue weighted by atomic mass is 9.98. The quantitative estimate of drug-likeness (QED) is 0.856. The molecule has 25 heavy (non-hydrogen) atoms. The molecule has 0 aromatic carbocycles. The maximum atomic E-state index is 12.3. The summed E-state index contributed by atoms with van der Waals surface area (Å²) in [6.07, 6.45) is 5.56. The van der Waals surface area contributed by atoms with Crippen molar-refractivity contribution in [3.63, 3.8) is 0 Å². The SMILES string of the molecule is CCCc1nc(N2CCC[C@H](CNC(=O)c3cnn(C)c3C)C2)no1. The van der Waals surface area contributed by atoms with Crippen molar-refractivity contribution in [3.05, 3.63) is 23.3 Å². The molecule has 8 nitrogen and oxygen atoms in total. The van der Waals surface area contributed by atoms with Crippen LogP contribution in [0.5, 0.6) is 0 Å². The van der Waals surface area contributed by atoms with E-state index in [9.17, 15) is 4.79 Å². The Bertz CT molecular complexity index is 723. The van der Waals surface area contributed by atoms with Gasteiger partial charge in [0.05, 0.1) is 11.8 Å². The molecule has 0 bridgehead atoms. The number of carbonyl (C=O) groups excluding carboxylic acids is 1. The molecule has 2 aromatic rings. The van der Waals surface area contributed by atoms with Gasteiger partial charge in [-0.2, -0.15) is 10.1 Å². The van der Waals surface area contributed by atoms with E-state index in [1.165, 1.54) is 0 Å². The van der Waals surface area contributed by atoms with Crippen LogP contribution in [0.15, 0.2) is 10.7 Å². The fourth-order valence-corrected chi connectivity index (χ4v) is 3.16. The Kier molecular flexibility index (Phi) is 5.35. The minimum atomic E-state index is -0.0625. The summed E-state index contributed by atoms with van der Waals surface area (Å²) in [4.78, 5) is 18.9. The van der Waals surface area contributed by atoms with Gasteiger partial charge in [-0.1, -0.05) is 6.92 Å². The molecule has 1 N–H and O–H groups in total. The first-order valence-corrected chi connectivity index (χ1v) is 8.92. The molecule has 2 aromatic heterocycles. The number of carbonyl (C=O) groups is 1. The predicted octanol–water partition coefficient (Wildman–Crippen LogP) is 1.71. The van der Waals surface area contributed by atoms with Crippen molar-refractivity contribution in [1.82, 2.24) is 25.2 Å². The summed E-state index contributed by atoms with van der Waals surface area (Å²) < 4.78 is 6.99. The van der Waals surface area contributed by atoms with Gasteiger partial charge in [-0.25, -0.2) is 0 Å². The number of piperidine rings is 1. The first-order chi connectivity index (χ1) is 12.1. The van der Waals surface area contributed by atoms with Gasteiger partial charge in [-0.3, -0.25) is 9.48 Å². The fraction of sp³-hybridized carbons (Fsp3) is 0.647. The molecule has 0 radical (unpaired) electrons. The van der Waals surface area contributed by atoms with Crippen LogP contribution in [0, 0.1) is 12.8 Å². The molecular weight excluding hydrogens is 320 g/mol. The Balaban J connectivity index is 1.54. The lowest BCUT2D eigenvalue weighted by Gasteiger charge is -2.31. The second-order valence-corrected chi connectivity index (χ2v) is 6.67. The third kappa shape index (κ3) is 4.00. The van der Waals surface area contributed by atoms with Gasteiger partial charge >= 0.3 is 0 Å². The summed E-state index contributed by atoms with van der Waals surface area (Å²) in [6.45, 7) is 6.39. The highest BCUT2D eigenvalue weighted by Crippen LogP contribution is 2.21. The zero-order valence-electron chi connectivity index (χ0n) is 15.2. The molecule has 0 aliphatic carbocycles. The minimum Gasteiger partial charge on any atom is -0.352 e. The van der Waals surface area contributed by atoms with Gasteiger partial charge in [0.25, 0.3) is 11.9 Å². The molecule has 1 atom stereocenters. The average molecular weight is 346 g/mol. The Morgan fingerprint density at radius 1 is 1.48 bits per heavy atom. The smallest absolute Gasteiger partial charge is 0.266 e. The van der Waals surface area contributed by atoms with E-state index in [-0.39, 0.29) is 5.91 Å². The van der Waals surface area contributed by atoms with Crippen LogP contribution < -0.4 is 10.2 Å². The minimum absolute atomic E-state index is 0.0625. The van der Waals surface area contributed by atoms with E-state index in [1.807, 2.05) is 14.0 Å². The van der Waals surface area contributed by atoms with Gasteiger partial charge in [0.2, 0.25) is 5.89 Å². The van der Waals surface area contributed by atoms with Crippen molar-refractivity contribution in [2.24, 2.45) is 13.0 Å². The van der Waals surface area contributed by atoms with Crippen molar-refractivity contribution in [3.8, 4) is 0 Å². The number of anilines is 1. The number of nitrogens with one attached hydrogen (secondary N) is 1. The monoisotopic (exact) mass is 346 g/mol. The van der Waals surface area contributed by atoms with E-state index in [0.717, 1.165) is 44.5 Å². The average Bonchev–Trinajstić information content (AvgIpc) is 3.21. The van der Waals surface area contributed by atoms with E-state index < -0.39 is 0 Å². The van der Waals surface area contributed by atoms with Crippen molar-refractivity contribution >= 4 is 11.9 Å². The van der Waals surface area contributed by atoms with Crippen LogP contribution in [-0.2, 0) is 13.5 Å². The second-order valence-electron chi connectivity index (χ2n) is 6.67. The molecule has 1 fully saturated rings. The van der Waals surface area contributed by atoms with Gasteiger partial charge in [-0.15, -0.1) is 0 Å². The molecule has 3 heterocycles. The largest absolute Gasteiger partial charge is 0.352 e. The van der Waals surface area contributed by atoms with Gasteiger partial charge in [0, 0.05) is 38.8 Å². The summed E-state index contributed by atoms with van der Waals surface area (Å²) in [5, 5.41) is 11.3. The third-order valence-corrected chi connectivity index (χ3v) is 4.75. The molecule has 1 amide bonds. The maximum Gasteiger partial charge on any atom is 0.266 e. The van der Waals surface area contributed by atoms with E-state index in [0.29, 0.717) is 29.9 Å². The van der Waals surface area contributed by atoms with Gasteiger partial charge in [0.1, 0.15) is 0 Å². The highest BCUT2D eigenvalue weighted by atomic mass is 16.5. The number of aromatic nitrogens is 4. The molecule has 1 aliphatic heterocycles. The topological polar surface area (TPSA) is 89.1 Å². The van der Waals surface area contributed by atoms with Crippen molar-refractivity contribution < 1.29 is 9.32 Å². The van der Waals surface area contributed by atoms with Crippen molar-refractivity contribution in [2.75, 3.05) is 24.5 Å². The van der Waals surface area contributed by atoms with Crippen LogP contribution in [-0.4, -0.2) is 45.5 Å². The predicted molar refractivity (Wildman–Crippen MR) is 93.5 cm³/mol. The molecule has 0 saturated carbocycles. The summed E-state index contributed by atoms with van der Waals surface area (Å²) in [5.74, 6) is 1.68. The molecule has 136 valence electrons. The molecular formula is C17H26N6O2. The highest BCUT2D eigenvalue weighted by Gasteiger charge is 2.24. The van der Waals surface area contributed by atoms with Crippen molar-refractivity contribution in [1.29, 1.82) is 0 Å². The first-order valence-electron chi connectivity index (χ1n) is 8.92.